The molecule has 2 N–H and O–H groups in total. The van der Waals surface area contributed by atoms with Crippen LogP contribution in [0.25, 0.3) is 0 Å². The summed E-state index contributed by atoms with van der Waals surface area (Å²) in [6.07, 6.45) is 0.480. The summed E-state index contributed by atoms with van der Waals surface area (Å²) in [7, 11) is 1.34. The monoisotopic (exact) mass is 293 g/mol. The van der Waals surface area contributed by atoms with Crippen molar-refractivity contribution < 1.29 is 24.0 Å². The number of ether oxygens (including phenoxy) is 2. The normalized spacial score (nSPS) is 15.5. The van der Waals surface area contributed by atoms with E-state index in [2.05, 4.69) is 10.1 Å². The third-order valence-electron chi connectivity index (χ3n) is 3.50. The van der Waals surface area contributed by atoms with Crippen LogP contribution in [0.3, 0.4) is 0 Å². The number of esters is 1. The van der Waals surface area contributed by atoms with Gasteiger partial charge in [0.25, 0.3) is 0 Å². The lowest BCUT2D eigenvalue weighted by Gasteiger charge is -2.23. The van der Waals surface area contributed by atoms with E-state index in [1.165, 1.54) is 12.0 Å². The highest BCUT2D eigenvalue weighted by molar-refractivity contribution is 5.93. The van der Waals surface area contributed by atoms with E-state index in [0.29, 0.717) is 17.7 Å². The quantitative estimate of drug-likeness (QED) is 0.733. The number of amides is 1. The van der Waals surface area contributed by atoms with E-state index in [1.807, 2.05) is 0 Å². The van der Waals surface area contributed by atoms with Gasteiger partial charge in [0, 0.05) is 5.69 Å². The number of morpholine rings is 1. The summed E-state index contributed by atoms with van der Waals surface area (Å²) in [6.45, 7) is 4.27. The number of methoxy groups -OCH3 is 1. The Hall–Kier alpha value is -1.92. The maximum atomic E-state index is 11.9. The third-order valence-corrected chi connectivity index (χ3v) is 3.50. The zero-order valence-corrected chi connectivity index (χ0v) is 12.2. The molecule has 114 valence electrons. The van der Waals surface area contributed by atoms with Crippen molar-refractivity contribution in [1.82, 2.24) is 0 Å². The van der Waals surface area contributed by atoms with E-state index >= 15 is 0 Å². The van der Waals surface area contributed by atoms with Crippen molar-refractivity contribution in [2.24, 2.45) is 0 Å². The summed E-state index contributed by atoms with van der Waals surface area (Å²) in [5.74, 6) is -0.399. The summed E-state index contributed by atoms with van der Waals surface area (Å²) < 4.78 is 9.91. The van der Waals surface area contributed by atoms with Gasteiger partial charge < -0.3 is 19.7 Å². The molecule has 6 heteroatoms. The molecule has 1 aromatic carbocycles. The largest absolute Gasteiger partial charge is 0.465 e. The van der Waals surface area contributed by atoms with Crippen molar-refractivity contribution in [1.29, 1.82) is 0 Å². The topological polar surface area (TPSA) is 69.1 Å². The molecule has 2 rings (SSSR count). The lowest BCUT2D eigenvalue weighted by molar-refractivity contribution is -0.907. The second kappa shape index (κ2) is 7.75. The highest BCUT2D eigenvalue weighted by Gasteiger charge is 2.15. The highest BCUT2D eigenvalue weighted by atomic mass is 16.5. The van der Waals surface area contributed by atoms with Gasteiger partial charge in [0.05, 0.1) is 38.9 Å². The Bertz CT molecular complexity index is 481. The Labute approximate surface area is 124 Å². The molecule has 1 saturated heterocycles. The van der Waals surface area contributed by atoms with Gasteiger partial charge in [0.1, 0.15) is 13.1 Å². The van der Waals surface area contributed by atoms with Crippen LogP contribution in [0.5, 0.6) is 0 Å². The molecular weight excluding hydrogens is 272 g/mol. The highest BCUT2D eigenvalue weighted by Crippen LogP contribution is 2.10. The van der Waals surface area contributed by atoms with Gasteiger partial charge in [-0.2, -0.15) is 0 Å². The Morgan fingerprint density at radius 3 is 2.52 bits per heavy atom. The van der Waals surface area contributed by atoms with Gasteiger partial charge in [-0.1, -0.05) is 0 Å². The smallest absolute Gasteiger partial charge is 0.337 e. The Morgan fingerprint density at radius 2 is 1.90 bits per heavy atom. The fourth-order valence-electron chi connectivity index (χ4n) is 2.23. The molecule has 0 aromatic heterocycles. The molecule has 1 amide bonds. The third kappa shape index (κ3) is 4.84. The number of carbonyl (C=O) groups is 2. The van der Waals surface area contributed by atoms with Crippen molar-refractivity contribution in [2.45, 2.75) is 6.42 Å². The number of benzene rings is 1. The predicted molar refractivity (Wildman–Crippen MR) is 77.4 cm³/mol. The number of rotatable bonds is 5. The minimum Gasteiger partial charge on any atom is -0.465 e. The lowest BCUT2D eigenvalue weighted by Crippen LogP contribution is -3.14. The van der Waals surface area contributed by atoms with Crippen LogP contribution in [0.15, 0.2) is 24.3 Å². The first-order valence-electron chi connectivity index (χ1n) is 7.08. The van der Waals surface area contributed by atoms with Crippen LogP contribution in [0.4, 0.5) is 5.69 Å². The van der Waals surface area contributed by atoms with Crippen molar-refractivity contribution in [2.75, 3.05) is 45.3 Å². The molecule has 0 bridgehead atoms. The molecule has 0 saturated carbocycles. The van der Waals surface area contributed by atoms with Gasteiger partial charge in [-0.25, -0.2) is 4.79 Å². The SMILES string of the molecule is COC(=O)c1ccc(NC(=O)CC[NH+]2CCOCC2)cc1. The van der Waals surface area contributed by atoms with E-state index in [1.54, 1.807) is 24.3 Å². The van der Waals surface area contributed by atoms with Crippen LogP contribution >= 0.6 is 0 Å². The van der Waals surface area contributed by atoms with Gasteiger partial charge in [-0.05, 0) is 24.3 Å². The second-order valence-electron chi connectivity index (χ2n) is 4.98. The van der Waals surface area contributed by atoms with Gasteiger partial charge in [-0.15, -0.1) is 0 Å². The number of quaternary nitrogens is 1. The molecule has 0 radical (unpaired) electrons. The van der Waals surface area contributed by atoms with Gasteiger partial charge in [-0.3, -0.25) is 4.79 Å². The van der Waals surface area contributed by atoms with Crippen LogP contribution in [-0.2, 0) is 14.3 Å². The summed E-state index contributed by atoms with van der Waals surface area (Å²) in [6, 6.07) is 6.67. The fraction of sp³-hybridized carbons (Fsp3) is 0.467. The molecule has 0 atom stereocenters. The first kappa shape index (κ1) is 15.5. The molecule has 1 aromatic rings. The predicted octanol–water partition coefficient (Wildman–Crippen LogP) is -0.283. The molecule has 0 aliphatic carbocycles. The first-order valence-corrected chi connectivity index (χ1v) is 7.08. The van der Waals surface area contributed by atoms with Crippen LogP contribution in [-0.4, -0.2) is 51.8 Å². The average Bonchev–Trinajstić information content (AvgIpc) is 2.54. The van der Waals surface area contributed by atoms with Crippen molar-refractivity contribution in [3.63, 3.8) is 0 Å². The summed E-state index contributed by atoms with van der Waals surface area (Å²) in [4.78, 5) is 24.6. The zero-order valence-electron chi connectivity index (χ0n) is 12.2. The maximum Gasteiger partial charge on any atom is 0.337 e. The minimum atomic E-state index is -0.385. The number of hydrogen-bond acceptors (Lipinski definition) is 4. The fourth-order valence-corrected chi connectivity index (χ4v) is 2.23. The van der Waals surface area contributed by atoms with Gasteiger partial charge >= 0.3 is 5.97 Å². The summed E-state index contributed by atoms with van der Waals surface area (Å²) >= 11 is 0. The molecule has 1 heterocycles. The lowest BCUT2D eigenvalue weighted by atomic mass is 10.2. The van der Waals surface area contributed by atoms with E-state index in [4.69, 9.17) is 4.74 Å². The number of anilines is 1. The summed E-state index contributed by atoms with van der Waals surface area (Å²) in [5, 5.41) is 2.83. The number of hydrogen-bond donors (Lipinski definition) is 2. The van der Waals surface area contributed by atoms with Crippen LogP contribution in [0.2, 0.25) is 0 Å². The minimum absolute atomic E-state index is 0.0141. The van der Waals surface area contributed by atoms with Crippen LogP contribution in [0.1, 0.15) is 16.8 Å². The maximum absolute atomic E-state index is 11.9. The molecule has 21 heavy (non-hydrogen) atoms. The average molecular weight is 293 g/mol. The molecule has 0 unspecified atom stereocenters. The molecule has 1 fully saturated rings. The van der Waals surface area contributed by atoms with Crippen molar-refractivity contribution in [3.05, 3.63) is 29.8 Å². The molecule has 1 aliphatic rings. The van der Waals surface area contributed by atoms with Gasteiger partial charge in [0.2, 0.25) is 5.91 Å². The standard InChI is InChI=1S/C15H20N2O4/c1-20-15(19)12-2-4-13(5-3-12)16-14(18)6-7-17-8-10-21-11-9-17/h2-5H,6-11H2,1H3,(H,16,18)/p+1. The molecule has 0 spiro atoms. The van der Waals surface area contributed by atoms with Crippen LogP contribution in [0, 0.1) is 0 Å². The Kier molecular flexibility index (Phi) is 5.71. The van der Waals surface area contributed by atoms with Crippen molar-refractivity contribution >= 4 is 17.6 Å². The molecule has 1 aliphatic heterocycles. The van der Waals surface area contributed by atoms with E-state index in [0.717, 1.165) is 32.8 Å². The van der Waals surface area contributed by atoms with E-state index < -0.39 is 0 Å². The van der Waals surface area contributed by atoms with E-state index in [-0.39, 0.29) is 11.9 Å². The number of nitrogens with one attached hydrogen (secondary N) is 2. The molecular formula is C15H21N2O4+. The zero-order chi connectivity index (χ0) is 15.1. The second-order valence-corrected chi connectivity index (χ2v) is 4.98. The first-order chi connectivity index (χ1) is 10.2. The van der Waals surface area contributed by atoms with E-state index in [9.17, 15) is 9.59 Å². The Morgan fingerprint density at radius 1 is 1.24 bits per heavy atom. The molecule has 6 nitrogen and oxygen atoms in total. The van der Waals surface area contributed by atoms with Crippen molar-refractivity contribution in [3.8, 4) is 0 Å². The van der Waals surface area contributed by atoms with Gasteiger partial charge in [0.15, 0.2) is 0 Å². The summed E-state index contributed by atoms with van der Waals surface area (Å²) in [5.41, 5.74) is 1.15. The number of carbonyl (C=O) groups excluding carboxylic acids is 2. The Balaban J connectivity index is 1.77. The van der Waals surface area contributed by atoms with Crippen LogP contribution < -0.4 is 10.2 Å².